The number of Topliss-reactive ketones (excluding diaryl/α,β-unsaturated/α-hetero) is 1. The highest BCUT2D eigenvalue weighted by atomic mass is 16.7. The first kappa shape index (κ1) is 20.5. The summed E-state index contributed by atoms with van der Waals surface area (Å²) in [6.45, 7) is 6.67. The summed E-state index contributed by atoms with van der Waals surface area (Å²) in [5.74, 6) is 3.15. The number of piperidine rings is 1. The molecule has 2 aliphatic heterocycles. The smallest absolute Gasteiger partial charge is 0.231 e. The van der Waals surface area contributed by atoms with Crippen LogP contribution in [0.1, 0.15) is 39.9 Å². The number of benzene rings is 2. The molecule has 2 aliphatic rings. The Balaban J connectivity index is 1.48. The minimum atomic E-state index is 0.00171. The predicted molar refractivity (Wildman–Crippen MR) is 114 cm³/mol. The maximum absolute atomic E-state index is 13.2. The summed E-state index contributed by atoms with van der Waals surface area (Å²) in [7, 11) is 3.30. The molecule has 0 spiro atoms. The number of methoxy groups -OCH3 is 2. The largest absolute Gasteiger partial charge is 0.496 e. The number of nitrogens with zero attached hydrogens (tertiary/aromatic N) is 1. The fourth-order valence-electron chi connectivity index (χ4n) is 4.60. The van der Waals surface area contributed by atoms with Gasteiger partial charge in [-0.1, -0.05) is 0 Å². The number of fused-ring (bicyclic) bond motifs is 1. The third kappa shape index (κ3) is 3.97. The van der Waals surface area contributed by atoms with Crippen LogP contribution in [0.4, 0.5) is 0 Å². The van der Waals surface area contributed by atoms with Crippen molar-refractivity contribution in [1.29, 1.82) is 0 Å². The molecule has 0 unspecified atom stereocenters. The molecular weight excluding hydrogens is 382 g/mol. The van der Waals surface area contributed by atoms with Crippen LogP contribution >= 0.6 is 0 Å². The summed E-state index contributed by atoms with van der Waals surface area (Å²) in [4.78, 5) is 15.6. The topological polar surface area (TPSA) is 57.2 Å². The van der Waals surface area contributed by atoms with Crippen molar-refractivity contribution in [3.8, 4) is 23.0 Å². The lowest BCUT2D eigenvalue weighted by Gasteiger charge is -2.32. The Hall–Kier alpha value is -2.73. The number of rotatable bonds is 6. The Labute approximate surface area is 177 Å². The van der Waals surface area contributed by atoms with E-state index in [-0.39, 0.29) is 18.5 Å². The van der Waals surface area contributed by atoms with Gasteiger partial charge in [-0.2, -0.15) is 0 Å². The van der Waals surface area contributed by atoms with Gasteiger partial charge in [-0.05, 0) is 74.2 Å². The lowest BCUT2D eigenvalue weighted by atomic mass is 9.88. The molecule has 0 bridgehead atoms. The molecule has 2 aromatic rings. The summed E-state index contributed by atoms with van der Waals surface area (Å²) < 4.78 is 21.9. The first-order valence-electron chi connectivity index (χ1n) is 10.4. The highest BCUT2D eigenvalue weighted by Crippen LogP contribution is 2.42. The molecular formula is C24H29NO5. The first-order valence-corrected chi connectivity index (χ1v) is 10.4. The monoisotopic (exact) mass is 411 g/mol. The Kier molecular flexibility index (Phi) is 5.86. The van der Waals surface area contributed by atoms with Gasteiger partial charge in [0.1, 0.15) is 5.75 Å². The average Bonchev–Trinajstić information content (AvgIpc) is 3.21. The Morgan fingerprint density at radius 1 is 1.10 bits per heavy atom. The summed E-state index contributed by atoms with van der Waals surface area (Å²) in [5.41, 5.74) is 3.88. The Morgan fingerprint density at radius 3 is 2.57 bits per heavy atom. The molecule has 30 heavy (non-hydrogen) atoms. The molecule has 1 fully saturated rings. The number of aryl methyl sites for hydroxylation is 2. The van der Waals surface area contributed by atoms with Gasteiger partial charge in [0.2, 0.25) is 12.5 Å². The summed E-state index contributed by atoms with van der Waals surface area (Å²) in [5, 5.41) is 0. The third-order valence-corrected chi connectivity index (χ3v) is 5.95. The van der Waals surface area contributed by atoms with Crippen LogP contribution in [0.3, 0.4) is 0 Å². The van der Waals surface area contributed by atoms with E-state index in [1.165, 1.54) is 0 Å². The zero-order chi connectivity index (χ0) is 21.3. The first-order chi connectivity index (χ1) is 14.5. The zero-order valence-corrected chi connectivity index (χ0v) is 18.1. The van der Waals surface area contributed by atoms with Crippen molar-refractivity contribution < 1.29 is 23.7 Å². The fourth-order valence-corrected chi connectivity index (χ4v) is 4.60. The van der Waals surface area contributed by atoms with Gasteiger partial charge in [0.05, 0.1) is 14.2 Å². The van der Waals surface area contributed by atoms with E-state index in [9.17, 15) is 4.79 Å². The summed E-state index contributed by atoms with van der Waals surface area (Å²) in [6.07, 6.45) is 1.93. The van der Waals surface area contributed by atoms with Crippen LogP contribution in [0.5, 0.6) is 23.0 Å². The van der Waals surface area contributed by atoms with Crippen LogP contribution in [0.15, 0.2) is 24.3 Å². The third-order valence-electron chi connectivity index (χ3n) is 5.95. The number of ether oxygens (including phenoxy) is 4. The summed E-state index contributed by atoms with van der Waals surface area (Å²) in [6, 6.07) is 7.91. The van der Waals surface area contributed by atoms with Crippen molar-refractivity contribution in [2.75, 3.05) is 34.1 Å². The van der Waals surface area contributed by atoms with Gasteiger partial charge in [-0.3, -0.25) is 9.69 Å². The van der Waals surface area contributed by atoms with Crippen molar-refractivity contribution >= 4 is 5.78 Å². The van der Waals surface area contributed by atoms with E-state index in [2.05, 4.69) is 4.90 Å². The number of hydrogen-bond donors (Lipinski definition) is 0. The number of likely N-dealkylation sites (tertiary alicyclic amines) is 1. The minimum Gasteiger partial charge on any atom is -0.496 e. The minimum absolute atomic E-state index is 0.00171. The van der Waals surface area contributed by atoms with Crippen LogP contribution in [-0.2, 0) is 6.54 Å². The molecule has 0 N–H and O–H groups in total. The number of carbonyl (C=O) groups is 1. The van der Waals surface area contributed by atoms with E-state index in [0.29, 0.717) is 11.5 Å². The highest BCUT2D eigenvalue weighted by molar-refractivity contribution is 5.98. The molecule has 6 nitrogen and oxygen atoms in total. The van der Waals surface area contributed by atoms with Crippen molar-refractivity contribution in [1.82, 2.24) is 4.90 Å². The van der Waals surface area contributed by atoms with Crippen LogP contribution in [0, 0.1) is 19.8 Å². The average molecular weight is 411 g/mol. The number of hydrogen-bond acceptors (Lipinski definition) is 6. The van der Waals surface area contributed by atoms with Crippen molar-refractivity contribution in [2.24, 2.45) is 5.92 Å². The van der Waals surface area contributed by atoms with E-state index in [1.807, 2.05) is 38.1 Å². The molecule has 0 saturated carbocycles. The highest BCUT2D eigenvalue weighted by Gasteiger charge is 2.28. The molecule has 0 aliphatic carbocycles. The van der Waals surface area contributed by atoms with Crippen LogP contribution in [0.2, 0.25) is 0 Å². The summed E-state index contributed by atoms with van der Waals surface area (Å²) >= 11 is 0. The Morgan fingerprint density at radius 2 is 1.87 bits per heavy atom. The lowest BCUT2D eigenvalue weighted by Crippen LogP contribution is -2.38. The van der Waals surface area contributed by atoms with E-state index in [1.54, 1.807) is 14.2 Å². The van der Waals surface area contributed by atoms with Crippen LogP contribution < -0.4 is 18.9 Å². The molecule has 0 amide bonds. The maximum Gasteiger partial charge on any atom is 0.231 e. The number of ketones is 1. The molecule has 0 aromatic heterocycles. The SMILES string of the molecule is COc1cc(CN2CCC[C@@H](C(=O)c3cc(C)c(OC)c(C)c3)C2)cc2c1OCO2. The second-order valence-corrected chi connectivity index (χ2v) is 8.11. The normalized spacial score (nSPS) is 18.3. The molecule has 0 radical (unpaired) electrons. The van der Waals surface area contributed by atoms with Gasteiger partial charge in [0, 0.05) is 24.6 Å². The van der Waals surface area contributed by atoms with Crippen molar-refractivity contribution in [3.05, 3.63) is 46.5 Å². The van der Waals surface area contributed by atoms with Gasteiger partial charge in [0.15, 0.2) is 17.3 Å². The Bertz CT molecular complexity index is 932. The molecule has 1 saturated heterocycles. The molecule has 2 heterocycles. The van der Waals surface area contributed by atoms with Gasteiger partial charge < -0.3 is 18.9 Å². The molecule has 1 atom stereocenters. The van der Waals surface area contributed by atoms with E-state index in [0.717, 1.165) is 66.2 Å². The van der Waals surface area contributed by atoms with E-state index in [4.69, 9.17) is 18.9 Å². The maximum atomic E-state index is 13.2. The zero-order valence-electron chi connectivity index (χ0n) is 18.1. The van der Waals surface area contributed by atoms with Crippen LogP contribution in [0.25, 0.3) is 0 Å². The van der Waals surface area contributed by atoms with Gasteiger partial charge in [-0.15, -0.1) is 0 Å². The molecule has 160 valence electrons. The van der Waals surface area contributed by atoms with Crippen molar-refractivity contribution in [2.45, 2.75) is 33.2 Å². The molecule has 6 heteroatoms. The second kappa shape index (κ2) is 8.56. The van der Waals surface area contributed by atoms with Crippen LogP contribution in [-0.4, -0.2) is 44.8 Å². The second-order valence-electron chi connectivity index (χ2n) is 8.11. The van der Waals surface area contributed by atoms with Crippen molar-refractivity contribution in [3.63, 3.8) is 0 Å². The molecule has 4 rings (SSSR count). The van der Waals surface area contributed by atoms with E-state index >= 15 is 0 Å². The molecule has 2 aromatic carbocycles. The standard InChI is InChI=1S/C24H29NO5/c1-15-8-19(9-16(2)23(15)28-4)22(26)18-6-5-7-25(13-18)12-17-10-20(27-3)24-21(11-17)29-14-30-24/h8-11,18H,5-7,12-14H2,1-4H3/t18-/m1/s1. The predicted octanol–water partition coefficient (Wildman–Crippen LogP) is 4.14. The van der Waals surface area contributed by atoms with Gasteiger partial charge in [-0.25, -0.2) is 0 Å². The fraction of sp³-hybridized carbons (Fsp3) is 0.458. The quantitative estimate of drug-likeness (QED) is 0.666. The number of carbonyl (C=O) groups excluding carboxylic acids is 1. The van der Waals surface area contributed by atoms with Gasteiger partial charge in [0.25, 0.3) is 0 Å². The lowest BCUT2D eigenvalue weighted by molar-refractivity contribution is 0.0811. The van der Waals surface area contributed by atoms with E-state index < -0.39 is 0 Å². The van der Waals surface area contributed by atoms with Gasteiger partial charge >= 0.3 is 0 Å².